The summed E-state index contributed by atoms with van der Waals surface area (Å²) in [5.41, 5.74) is 7.52. The second-order valence-corrected chi connectivity index (χ2v) is 6.58. The van der Waals surface area contributed by atoms with Crippen molar-refractivity contribution in [1.29, 1.82) is 0 Å². The standard InChI is InChI=1S/C14H21NO2S/c1-17-14-8-7-11(9-13(14)15)10-18(16)12-5-3-2-4-6-12/h7-9,12H,2-6,10,15H2,1H3. The van der Waals surface area contributed by atoms with Crippen molar-refractivity contribution in [3.8, 4) is 5.75 Å². The van der Waals surface area contributed by atoms with E-state index in [0.717, 1.165) is 18.4 Å². The van der Waals surface area contributed by atoms with Crippen molar-refractivity contribution in [2.45, 2.75) is 43.1 Å². The minimum absolute atomic E-state index is 0.377. The van der Waals surface area contributed by atoms with Crippen LogP contribution in [-0.2, 0) is 16.6 Å². The Labute approximate surface area is 111 Å². The predicted octanol–water partition coefficient (Wildman–Crippen LogP) is 2.86. The fourth-order valence-corrected chi connectivity index (χ4v) is 4.09. The van der Waals surface area contributed by atoms with Gasteiger partial charge in [-0.3, -0.25) is 4.21 Å². The van der Waals surface area contributed by atoms with E-state index in [2.05, 4.69) is 0 Å². The van der Waals surface area contributed by atoms with Crippen molar-refractivity contribution in [3.63, 3.8) is 0 Å². The topological polar surface area (TPSA) is 52.3 Å². The third kappa shape index (κ3) is 3.25. The second-order valence-electron chi connectivity index (χ2n) is 4.86. The zero-order chi connectivity index (χ0) is 13.0. The molecular formula is C14H21NO2S. The highest BCUT2D eigenvalue weighted by Crippen LogP contribution is 2.26. The van der Waals surface area contributed by atoms with Crippen LogP contribution >= 0.6 is 0 Å². The Morgan fingerprint density at radius 1 is 1.33 bits per heavy atom. The summed E-state index contributed by atoms with van der Waals surface area (Å²) in [6.45, 7) is 0. The first-order valence-electron chi connectivity index (χ1n) is 6.50. The maximum atomic E-state index is 12.3. The summed E-state index contributed by atoms with van der Waals surface area (Å²) in [5, 5.41) is 0.377. The normalized spacial score (nSPS) is 18.5. The van der Waals surface area contributed by atoms with Gasteiger partial charge in [-0.25, -0.2) is 0 Å². The van der Waals surface area contributed by atoms with Gasteiger partial charge in [0.25, 0.3) is 0 Å². The Hall–Kier alpha value is -1.03. The van der Waals surface area contributed by atoms with Crippen molar-refractivity contribution in [3.05, 3.63) is 23.8 Å². The third-order valence-corrected chi connectivity index (χ3v) is 5.36. The molecule has 18 heavy (non-hydrogen) atoms. The molecule has 1 aliphatic rings. The molecule has 4 heteroatoms. The number of ether oxygens (including phenoxy) is 1. The molecule has 1 aromatic rings. The first kappa shape index (κ1) is 13.4. The molecular weight excluding hydrogens is 246 g/mol. The van der Waals surface area contributed by atoms with Gasteiger partial charge in [0.05, 0.1) is 12.8 Å². The number of nitrogen functional groups attached to an aromatic ring is 1. The number of nitrogens with two attached hydrogens (primary N) is 1. The zero-order valence-electron chi connectivity index (χ0n) is 10.9. The minimum atomic E-state index is -0.771. The highest BCUT2D eigenvalue weighted by molar-refractivity contribution is 7.84. The Morgan fingerprint density at radius 2 is 2.06 bits per heavy atom. The molecule has 0 aliphatic heterocycles. The van der Waals surface area contributed by atoms with Gasteiger partial charge in [0.15, 0.2) is 0 Å². The monoisotopic (exact) mass is 267 g/mol. The molecule has 1 atom stereocenters. The molecule has 0 saturated heterocycles. The average Bonchev–Trinajstić information content (AvgIpc) is 2.40. The molecule has 1 saturated carbocycles. The van der Waals surface area contributed by atoms with Gasteiger partial charge in [-0.05, 0) is 30.5 Å². The lowest BCUT2D eigenvalue weighted by molar-refractivity contribution is 0.417. The third-order valence-electron chi connectivity index (χ3n) is 3.53. The van der Waals surface area contributed by atoms with Gasteiger partial charge in [-0.1, -0.05) is 25.3 Å². The molecule has 1 aromatic carbocycles. The summed E-state index contributed by atoms with van der Waals surface area (Å²) in [4.78, 5) is 0. The number of methoxy groups -OCH3 is 1. The number of hydrogen-bond donors (Lipinski definition) is 1. The van der Waals surface area contributed by atoms with Gasteiger partial charge < -0.3 is 10.5 Å². The Morgan fingerprint density at radius 3 is 2.67 bits per heavy atom. The molecule has 0 aromatic heterocycles. The second kappa shape index (κ2) is 6.23. The number of anilines is 1. The summed E-state index contributed by atoms with van der Waals surface area (Å²) < 4.78 is 17.4. The Bertz CT molecular complexity index is 428. The van der Waals surface area contributed by atoms with Gasteiger partial charge in [-0.15, -0.1) is 0 Å². The maximum absolute atomic E-state index is 12.3. The fourth-order valence-electron chi connectivity index (χ4n) is 2.48. The lowest BCUT2D eigenvalue weighted by Gasteiger charge is -2.21. The Balaban J connectivity index is 2.00. The molecule has 0 bridgehead atoms. The maximum Gasteiger partial charge on any atom is 0.141 e. The molecule has 0 spiro atoms. The smallest absolute Gasteiger partial charge is 0.141 e. The lowest BCUT2D eigenvalue weighted by atomic mass is 10.0. The lowest BCUT2D eigenvalue weighted by Crippen LogP contribution is -2.19. The zero-order valence-corrected chi connectivity index (χ0v) is 11.7. The van der Waals surface area contributed by atoms with E-state index in [1.165, 1.54) is 19.3 Å². The van der Waals surface area contributed by atoms with E-state index in [0.29, 0.717) is 22.4 Å². The summed E-state index contributed by atoms with van der Waals surface area (Å²) in [7, 11) is 0.832. The van der Waals surface area contributed by atoms with Gasteiger partial charge in [0.2, 0.25) is 0 Å². The van der Waals surface area contributed by atoms with E-state index in [1.807, 2.05) is 18.2 Å². The molecule has 2 rings (SSSR count). The van der Waals surface area contributed by atoms with Gasteiger partial charge >= 0.3 is 0 Å². The molecule has 0 heterocycles. The summed E-state index contributed by atoms with van der Waals surface area (Å²) in [6.07, 6.45) is 5.96. The van der Waals surface area contributed by atoms with Crippen LogP contribution in [0.3, 0.4) is 0 Å². The van der Waals surface area contributed by atoms with Crippen molar-refractivity contribution in [2.75, 3.05) is 12.8 Å². The fraction of sp³-hybridized carbons (Fsp3) is 0.571. The van der Waals surface area contributed by atoms with E-state index in [4.69, 9.17) is 10.5 Å². The van der Waals surface area contributed by atoms with E-state index >= 15 is 0 Å². The quantitative estimate of drug-likeness (QED) is 0.853. The number of hydrogen-bond acceptors (Lipinski definition) is 3. The van der Waals surface area contributed by atoms with E-state index in [-0.39, 0.29) is 0 Å². The van der Waals surface area contributed by atoms with Crippen LogP contribution < -0.4 is 10.5 Å². The molecule has 1 aliphatic carbocycles. The summed E-state index contributed by atoms with van der Waals surface area (Å²) >= 11 is 0. The minimum Gasteiger partial charge on any atom is -0.495 e. The highest BCUT2D eigenvalue weighted by atomic mass is 32.2. The SMILES string of the molecule is COc1ccc(CS(=O)C2CCCCC2)cc1N. The van der Waals surface area contributed by atoms with Crippen molar-refractivity contribution in [2.24, 2.45) is 0 Å². The molecule has 100 valence electrons. The van der Waals surface area contributed by atoms with Crippen molar-refractivity contribution in [1.82, 2.24) is 0 Å². The molecule has 0 amide bonds. The van der Waals surface area contributed by atoms with Gasteiger partial charge in [-0.2, -0.15) is 0 Å². The van der Waals surface area contributed by atoms with Crippen LogP contribution in [-0.4, -0.2) is 16.6 Å². The first-order valence-corrected chi connectivity index (χ1v) is 7.88. The van der Waals surface area contributed by atoms with Crippen molar-refractivity contribution >= 4 is 16.5 Å². The predicted molar refractivity (Wildman–Crippen MR) is 76.1 cm³/mol. The van der Waals surface area contributed by atoms with Crippen LogP contribution in [0.5, 0.6) is 5.75 Å². The molecule has 3 nitrogen and oxygen atoms in total. The van der Waals surface area contributed by atoms with Gasteiger partial charge in [0, 0.05) is 21.8 Å². The first-order chi connectivity index (χ1) is 8.70. The van der Waals surface area contributed by atoms with Crippen LogP contribution in [0.25, 0.3) is 0 Å². The summed E-state index contributed by atoms with van der Waals surface area (Å²) in [6, 6.07) is 5.68. The number of benzene rings is 1. The van der Waals surface area contributed by atoms with E-state index in [9.17, 15) is 4.21 Å². The van der Waals surface area contributed by atoms with Gasteiger partial charge in [0.1, 0.15) is 5.75 Å². The average molecular weight is 267 g/mol. The number of rotatable bonds is 4. The van der Waals surface area contributed by atoms with Crippen LogP contribution in [0.1, 0.15) is 37.7 Å². The van der Waals surface area contributed by atoms with Crippen LogP contribution in [0.4, 0.5) is 5.69 Å². The molecule has 1 fully saturated rings. The van der Waals surface area contributed by atoms with Crippen LogP contribution in [0.15, 0.2) is 18.2 Å². The van der Waals surface area contributed by atoms with Crippen molar-refractivity contribution < 1.29 is 8.95 Å². The molecule has 1 unspecified atom stereocenters. The van der Waals surface area contributed by atoms with E-state index in [1.54, 1.807) is 7.11 Å². The van der Waals surface area contributed by atoms with E-state index < -0.39 is 10.8 Å². The van der Waals surface area contributed by atoms with Crippen LogP contribution in [0.2, 0.25) is 0 Å². The molecule has 2 N–H and O–H groups in total. The molecule has 0 radical (unpaired) electrons. The highest BCUT2D eigenvalue weighted by Gasteiger charge is 2.19. The summed E-state index contributed by atoms with van der Waals surface area (Å²) in [5.74, 6) is 1.29. The largest absolute Gasteiger partial charge is 0.495 e. The van der Waals surface area contributed by atoms with Crippen LogP contribution in [0, 0.1) is 0 Å². The Kier molecular flexibility index (Phi) is 4.64.